The van der Waals surface area contributed by atoms with E-state index in [2.05, 4.69) is 5.32 Å². The minimum absolute atomic E-state index is 0.526. The SMILES string of the molecule is CCCNC(O)(C=O)c1ccccc1. The van der Waals surface area contributed by atoms with Gasteiger partial charge in [0.05, 0.1) is 0 Å². The smallest absolute Gasteiger partial charge is 0.199 e. The van der Waals surface area contributed by atoms with Crippen molar-refractivity contribution in [3.05, 3.63) is 35.9 Å². The molecule has 0 spiro atoms. The summed E-state index contributed by atoms with van der Waals surface area (Å²) < 4.78 is 0. The number of carbonyl (C=O) groups is 1. The van der Waals surface area contributed by atoms with E-state index < -0.39 is 5.72 Å². The molecule has 0 aliphatic carbocycles. The Balaban J connectivity index is 2.84. The average Bonchev–Trinajstić information content (AvgIpc) is 2.27. The predicted octanol–water partition coefficient (Wildman–Crippen LogP) is 1.03. The zero-order valence-corrected chi connectivity index (χ0v) is 8.23. The van der Waals surface area contributed by atoms with Gasteiger partial charge in [-0.25, -0.2) is 0 Å². The Morgan fingerprint density at radius 3 is 2.57 bits per heavy atom. The number of aliphatic hydroxyl groups is 1. The van der Waals surface area contributed by atoms with Gasteiger partial charge < -0.3 is 5.11 Å². The maximum absolute atomic E-state index is 10.8. The van der Waals surface area contributed by atoms with Crippen molar-refractivity contribution in [3.8, 4) is 0 Å². The maximum Gasteiger partial charge on any atom is 0.199 e. The summed E-state index contributed by atoms with van der Waals surface area (Å²) in [6.45, 7) is 2.58. The molecule has 1 rings (SSSR count). The van der Waals surface area contributed by atoms with E-state index in [1.807, 2.05) is 13.0 Å². The normalized spacial score (nSPS) is 14.7. The van der Waals surface area contributed by atoms with Crippen molar-refractivity contribution in [1.29, 1.82) is 0 Å². The van der Waals surface area contributed by atoms with E-state index in [0.29, 0.717) is 18.4 Å². The fraction of sp³-hybridized carbons (Fsp3) is 0.364. The first-order valence-electron chi connectivity index (χ1n) is 4.72. The van der Waals surface area contributed by atoms with E-state index in [4.69, 9.17) is 0 Å². The Labute approximate surface area is 83.8 Å². The number of nitrogens with one attached hydrogen (secondary N) is 1. The minimum atomic E-state index is -1.54. The second-order valence-electron chi connectivity index (χ2n) is 3.18. The number of aldehydes is 1. The highest BCUT2D eigenvalue weighted by Gasteiger charge is 2.26. The van der Waals surface area contributed by atoms with Crippen LogP contribution in [0.5, 0.6) is 0 Å². The lowest BCUT2D eigenvalue weighted by atomic mass is 10.0. The molecule has 0 bridgehead atoms. The van der Waals surface area contributed by atoms with E-state index >= 15 is 0 Å². The van der Waals surface area contributed by atoms with Gasteiger partial charge in [-0.05, 0) is 13.0 Å². The molecular weight excluding hydrogens is 178 g/mol. The molecule has 0 saturated heterocycles. The van der Waals surface area contributed by atoms with Crippen molar-refractivity contribution < 1.29 is 9.90 Å². The summed E-state index contributed by atoms with van der Waals surface area (Å²) in [5, 5.41) is 12.7. The van der Waals surface area contributed by atoms with Gasteiger partial charge in [-0.3, -0.25) is 10.1 Å². The Morgan fingerprint density at radius 1 is 1.43 bits per heavy atom. The molecule has 0 fully saturated rings. The highest BCUT2D eigenvalue weighted by molar-refractivity contribution is 5.64. The fourth-order valence-electron chi connectivity index (χ4n) is 1.22. The van der Waals surface area contributed by atoms with Gasteiger partial charge in [0.25, 0.3) is 0 Å². The summed E-state index contributed by atoms with van der Waals surface area (Å²) in [7, 11) is 0. The van der Waals surface area contributed by atoms with Crippen molar-refractivity contribution in [1.82, 2.24) is 5.32 Å². The average molecular weight is 193 g/mol. The molecule has 0 amide bonds. The third-order valence-corrected chi connectivity index (χ3v) is 2.03. The Hall–Kier alpha value is -1.19. The molecule has 3 nitrogen and oxygen atoms in total. The molecular formula is C11H15NO2. The van der Waals surface area contributed by atoms with Crippen molar-refractivity contribution >= 4 is 6.29 Å². The lowest BCUT2D eigenvalue weighted by Gasteiger charge is -2.23. The zero-order chi connectivity index (χ0) is 10.4. The summed E-state index contributed by atoms with van der Waals surface area (Å²) in [5.41, 5.74) is -0.972. The van der Waals surface area contributed by atoms with E-state index in [1.54, 1.807) is 24.3 Å². The van der Waals surface area contributed by atoms with Gasteiger partial charge in [-0.15, -0.1) is 0 Å². The van der Waals surface area contributed by atoms with Crippen molar-refractivity contribution in [2.24, 2.45) is 0 Å². The molecule has 0 heterocycles. The minimum Gasteiger partial charge on any atom is -0.365 e. The second kappa shape index (κ2) is 4.88. The summed E-state index contributed by atoms with van der Waals surface area (Å²) in [5.74, 6) is 0. The van der Waals surface area contributed by atoms with Gasteiger partial charge in [-0.1, -0.05) is 37.3 Å². The zero-order valence-electron chi connectivity index (χ0n) is 8.23. The highest BCUT2D eigenvalue weighted by atomic mass is 16.3. The van der Waals surface area contributed by atoms with E-state index in [9.17, 15) is 9.90 Å². The van der Waals surface area contributed by atoms with Gasteiger partial charge in [0.2, 0.25) is 0 Å². The maximum atomic E-state index is 10.8. The molecule has 0 radical (unpaired) electrons. The van der Waals surface area contributed by atoms with Crippen LogP contribution in [-0.2, 0) is 10.5 Å². The summed E-state index contributed by atoms with van der Waals surface area (Å²) >= 11 is 0. The largest absolute Gasteiger partial charge is 0.365 e. The van der Waals surface area contributed by atoms with E-state index in [-0.39, 0.29) is 0 Å². The van der Waals surface area contributed by atoms with Crippen LogP contribution in [-0.4, -0.2) is 17.9 Å². The van der Waals surface area contributed by atoms with Crippen LogP contribution in [0, 0.1) is 0 Å². The predicted molar refractivity (Wildman–Crippen MR) is 54.7 cm³/mol. The Morgan fingerprint density at radius 2 is 2.07 bits per heavy atom. The Kier molecular flexibility index (Phi) is 3.80. The molecule has 1 aromatic carbocycles. The number of hydrogen-bond donors (Lipinski definition) is 2. The van der Waals surface area contributed by atoms with Crippen LogP contribution >= 0.6 is 0 Å². The van der Waals surface area contributed by atoms with Crippen LogP contribution in [0.3, 0.4) is 0 Å². The van der Waals surface area contributed by atoms with Gasteiger partial charge in [0, 0.05) is 5.56 Å². The number of carbonyl (C=O) groups excluding carboxylic acids is 1. The lowest BCUT2D eigenvalue weighted by molar-refractivity contribution is -0.128. The van der Waals surface area contributed by atoms with Crippen LogP contribution in [0.15, 0.2) is 30.3 Å². The number of hydrogen-bond acceptors (Lipinski definition) is 3. The first-order valence-corrected chi connectivity index (χ1v) is 4.72. The molecule has 14 heavy (non-hydrogen) atoms. The molecule has 0 aromatic heterocycles. The molecule has 1 aromatic rings. The number of benzene rings is 1. The van der Waals surface area contributed by atoms with Gasteiger partial charge >= 0.3 is 0 Å². The quantitative estimate of drug-likeness (QED) is 0.542. The molecule has 2 N–H and O–H groups in total. The standard InChI is InChI=1S/C11H15NO2/c1-2-8-12-11(14,9-13)10-6-4-3-5-7-10/h3-7,9,12,14H,2,8H2,1H3. The van der Waals surface area contributed by atoms with E-state index in [0.717, 1.165) is 6.42 Å². The van der Waals surface area contributed by atoms with Gasteiger partial charge in [-0.2, -0.15) is 0 Å². The molecule has 3 heteroatoms. The molecule has 1 unspecified atom stereocenters. The highest BCUT2D eigenvalue weighted by Crippen LogP contribution is 2.14. The first kappa shape index (κ1) is 10.9. The van der Waals surface area contributed by atoms with Crippen LogP contribution in [0.25, 0.3) is 0 Å². The van der Waals surface area contributed by atoms with E-state index in [1.165, 1.54) is 0 Å². The third kappa shape index (κ3) is 2.40. The molecule has 0 aliphatic rings. The molecule has 0 aliphatic heterocycles. The van der Waals surface area contributed by atoms with Gasteiger partial charge in [0.15, 0.2) is 12.0 Å². The van der Waals surface area contributed by atoms with Crippen LogP contribution in [0.2, 0.25) is 0 Å². The monoisotopic (exact) mass is 193 g/mol. The fourth-order valence-corrected chi connectivity index (χ4v) is 1.22. The van der Waals surface area contributed by atoms with Crippen molar-refractivity contribution in [2.75, 3.05) is 6.54 Å². The lowest BCUT2D eigenvalue weighted by Crippen LogP contribution is -2.44. The summed E-state index contributed by atoms with van der Waals surface area (Å²) in [4.78, 5) is 10.8. The van der Waals surface area contributed by atoms with Gasteiger partial charge in [0.1, 0.15) is 0 Å². The molecule has 0 saturated carbocycles. The third-order valence-electron chi connectivity index (χ3n) is 2.03. The van der Waals surface area contributed by atoms with Crippen molar-refractivity contribution in [3.63, 3.8) is 0 Å². The first-order chi connectivity index (χ1) is 6.73. The number of rotatable bonds is 5. The molecule has 76 valence electrons. The summed E-state index contributed by atoms with van der Waals surface area (Å²) in [6, 6.07) is 8.86. The second-order valence-corrected chi connectivity index (χ2v) is 3.18. The summed E-state index contributed by atoms with van der Waals surface area (Å²) in [6.07, 6.45) is 1.39. The Bertz CT molecular complexity index is 287. The van der Waals surface area contributed by atoms with Crippen LogP contribution < -0.4 is 5.32 Å². The van der Waals surface area contributed by atoms with Crippen LogP contribution in [0.4, 0.5) is 0 Å². The van der Waals surface area contributed by atoms with Crippen LogP contribution in [0.1, 0.15) is 18.9 Å². The van der Waals surface area contributed by atoms with Crippen molar-refractivity contribution in [2.45, 2.75) is 19.1 Å². The molecule has 1 atom stereocenters. The topological polar surface area (TPSA) is 49.3 Å².